The largest absolute Gasteiger partial charge is 0.507 e. The number of aromatic hydroxyl groups is 1. The average Bonchev–Trinajstić information content (AvgIpc) is 3.23. The number of esters is 1. The van der Waals surface area contributed by atoms with Gasteiger partial charge in [0.05, 0.1) is 39.8 Å². The van der Waals surface area contributed by atoms with E-state index >= 15 is 0 Å². The molecular formula is C29H23BrN4O4S. The number of aromatic nitrogens is 1. The molecule has 1 atom stereocenters. The van der Waals surface area contributed by atoms with Crippen LogP contribution in [0, 0.1) is 0 Å². The zero-order valence-corrected chi connectivity index (χ0v) is 23.4. The van der Waals surface area contributed by atoms with Gasteiger partial charge in [0.15, 0.2) is 4.80 Å². The number of phenols is 1. The molecule has 0 saturated heterocycles. The molecule has 0 aliphatic carbocycles. The third-order valence-electron chi connectivity index (χ3n) is 6.04. The van der Waals surface area contributed by atoms with Crippen LogP contribution in [0.1, 0.15) is 31.0 Å². The average molecular weight is 603 g/mol. The number of carbonyl (C=O) groups excluding carboxylic acids is 1. The lowest BCUT2D eigenvalue weighted by molar-refractivity contribution is -0.139. The highest BCUT2D eigenvalue weighted by atomic mass is 79.9. The van der Waals surface area contributed by atoms with Crippen LogP contribution in [0.2, 0.25) is 0 Å². The van der Waals surface area contributed by atoms with Gasteiger partial charge in [0, 0.05) is 16.1 Å². The van der Waals surface area contributed by atoms with Crippen LogP contribution in [0.15, 0.2) is 109 Å². The Kier molecular flexibility index (Phi) is 7.67. The molecule has 10 heteroatoms. The smallest absolute Gasteiger partial charge is 0.338 e. The lowest BCUT2D eigenvalue weighted by Gasteiger charge is -2.24. The summed E-state index contributed by atoms with van der Waals surface area (Å²) in [5.41, 5.74) is 2.84. The number of phenolic OH excluding ortho intramolecular Hbond substituents is 1. The Balaban J connectivity index is 1.58. The Morgan fingerprint density at radius 3 is 2.51 bits per heavy atom. The van der Waals surface area contributed by atoms with E-state index in [4.69, 9.17) is 4.74 Å². The standard InChI is InChI=1S/C29H23BrN4O4S/c1-3-38-28(37)25-17(2)31-29-34(26(25)18-9-12-20(30)13-10-18)27(36)24(39-29)15-19-11-14-22(16-23(19)35)33-32-21-7-5-4-6-8-21/h4-16,26,35H,3H2,1-2H3/b24-15-,33-32?/t26-/m0/s1. The first-order chi connectivity index (χ1) is 18.9. The summed E-state index contributed by atoms with van der Waals surface area (Å²) in [5.74, 6) is -0.558. The summed E-state index contributed by atoms with van der Waals surface area (Å²) in [6.07, 6.45) is 1.61. The third kappa shape index (κ3) is 5.52. The number of nitrogens with zero attached hydrogens (tertiary/aromatic N) is 4. The molecule has 0 unspecified atom stereocenters. The van der Waals surface area contributed by atoms with Gasteiger partial charge in [-0.3, -0.25) is 9.36 Å². The molecular weight excluding hydrogens is 580 g/mol. The van der Waals surface area contributed by atoms with E-state index in [2.05, 4.69) is 31.2 Å². The molecule has 1 aliphatic heterocycles. The van der Waals surface area contributed by atoms with Gasteiger partial charge in [0.1, 0.15) is 5.75 Å². The highest BCUT2D eigenvalue weighted by Crippen LogP contribution is 2.31. The summed E-state index contributed by atoms with van der Waals surface area (Å²) < 4.78 is 8.07. The van der Waals surface area contributed by atoms with E-state index < -0.39 is 12.0 Å². The monoisotopic (exact) mass is 602 g/mol. The number of ether oxygens (including phenoxy) is 1. The first-order valence-corrected chi connectivity index (χ1v) is 13.7. The summed E-state index contributed by atoms with van der Waals surface area (Å²) in [6, 6.07) is 20.9. The molecule has 39 heavy (non-hydrogen) atoms. The van der Waals surface area contributed by atoms with Crippen molar-refractivity contribution in [1.29, 1.82) is 0 Å². The number of thiazole rings is 1. The highest BCUT2D eigenvalue weighted by molar-refractivity contribution is 9.10. The Bertz CT molecular complexity index is 1790. The molecule has 4 aromatic rings. The molecule has 1 aliphatic rings. The van der Waals surface area contributed by atoms with Gasteiger partial charge in [-0.05, 0) is 61.9 Å². The highest BCUT2D eigenvalue weighted by Gasteiger charge is 2.33. The summed E-state index contributed by atoms with van der Waals surface area (Å²) in [6.45, 7) is 3.68. The minimum Gasteiger partial charge on any atom is -0.507 e. The first-order valence-electron chi connectivity index (χ1n) is 12.1. The van der Waals surface area contributed by atoms with Crippen LogP contribution >= 0.6 is 27.3 Å². The van der Waals surface area contributed by atoms with Crippen LogP contribution in [0.25, 0.3) is 6.08 Å². The van der Waals surface area contributed by atoms with Gasteiger partial charge in [0.25, 0.3) is 5.56 Å². The van der Waals surface area contributed by atoms with Crippen molar-refractivity contribution in [2.75, 3.05) is 6.61 Å². The van der Waals surface area contributed by atoms with Crippen molar-refractivity contribution in [1.82, 2.24) is 4.57 Å². The number of azo groups is 1. The minimum atomic E-state index is -0.704. The first kappa shape index (κ1) is 26.5. The Labute approximate surface area is 236 Å². The fraction of sp³-hybridized carbons (Fsp3) is 0.138. The molecule has 0 radical (unpaired) electrons. The van der Waals surface area contributed by atoms with Gasteiger partial charge in [-0.1, -0.05) is 57.6 Å². The third-order valence-corrected chi connectivity index (χ3v) is 7.55. The molecule has 8 nitrogen and oxygen atoms in total. The van der Waals surface area contributed by atoms with Crippen molar-refractivity contribution in [2.45, 2.75) is 19.9 Å². The molecule has 0 saturated carbocycles. The van der Waals surface area contributed by atoms with Crippen LogP contribution in [-0.2, 0) is 9.53 Å². The number of benzene rings is 3. The molecule has 3 aromatic carbocycles. The van der Waals surface area contributed by atoms with Crippen LogP contribution < -0.4 is 14.9 Å². The molecule has 0 bridgehead atoms. The van der Waals surface area contributed by atoms with Crippen molar-refractivity contribution in [3.8, 4) is 5.75 Å². The molecule has 1 aromatic heterocycles. The Morgan fingerprint density at radius 1 is 1.10 bits per heavy atom. The number of carbonyl (C=O) groups is 1. The Hall–Kier alpha value is -4.15. The maximum Gasteiger partial charge on any atom is 0.338 e. The fourth-order valence-electron chi connectivity index (χ4n) is 4.22. The second-order valence-corrected chi connectivity index (χ2v) is 10.6. The Morgan fingerprint density at radius 2 is 1.82 bits per heavy atom. The van der Waals surface area contributed by atoms with Gasteiger partial charge in [0.2, 0.25) is 0 Å². The molecule has 1 N–H and O–H groups in total. The van der Waals surface area contributed by atoms with Crippen molar-refractivity contribution >= 4 is 50.7 Å². The van der Waals surface area contributed by atoms with E-state index in [0.717, 1.165) is 10.0 Å². The molecule has 0 spiro atoms. The lowest BCUT2D eigenvalue weighted by atomic mass is 9.96. The predicted octanol–water partition coefficient (Wildman–Crippen LogP) is 5.68. The second kappa shape index (κ2) is 11.3. The molecule has 0 fully saturated rings. The number of hydrogen-bond donors (Lipinski definition) is 1. The number of allylic oxidation sites excluding steroid dienone is 1. The van der Waals surface area contributed by atoms with E-state index in [-0.39, 0.29) is 17.9 Å². The predicted molar refractivity (Wildman–Crippen MR) is 153 cm³/mol. The van der Waals surface area contributed by atoms with E-state index in [1.807, 2.05) is 54.6 Å². The SMILES string of the molecule is CCOC(=O)C1=C(C)N=c2s/c(=C\c3ccc(N=Nc4ccccc4)cc3O)c(=O)n2[C@H]1c1ccc(Br)cc1. The van der Waals surface area contributed by atoms with E-state index in [0.29, 0.717) is 37.5 Å². The van der Waals surface area contributed by atoms with Crippen molar-refractivity contribution in [3.63, 3.8) is 0 Å². The number of hydrogen-bond acceptors (Lipinski definition) is 8. The molecule has 196 valence electrons. The van der Waals surface area contributed by atoms with Gasteiger partial charge >= 0.3 is 5.97 Å². The quantitative estimate of drug-likeness (QED) is 0.226. The zero-order chi connectivity index (χ0) is 27.5. The van der Waals surface area contributed by atoms with Crippen LogP contribution in [0.4, 0.5) is 11.4 Å². The maximum atomic E-state index is 13.7. The topological polar surface area (TPSA) is 106 Å². The normalized spacial score (nSPS) is 15.4. The van der Waals surface area contributed by atoms with E-state index in [1.165, 1.54) is 22.0 Å². The summed E-state index contributed by atoms with van der Waals surface area (Å²) in [5, 5.41) is 19.0. The van der Waals surface area contributed by atoms with Crippen molar-refractivity contribution in [3.05, 3.63) is 119 Å². The second-order valence-electron chi connectivity index (χ2n) is 8.63. The van der Waals surface area contributed by atoms with E-state index in [1.54, 1.807) is 32.1 Å². The van der Waals surface area contributed by atoms with Gasteiger partial charge in [-0.25, -0.2) is 9.79 Å². The maximum absolute atomic E-state index is 13.7. The molecule has 5 rings (SSSR count). The van der Waals surface area contributed by atoms with Gasteiger partial charge in [-0.2, -0.15) is 10.2 Å². The summed E-state index contributed by atoms with van der Waals surface area (Å²) in [4.78, 5) is 31.7. The van der Waals surface area contributed by atoms with Crippen LogP contribution in [0.3, 0.4) is 0 Å². The van der Waals surface area contributed by atoms with Crippen molar-refractivity contribution in [2.24, 2.45) is 15.2 Å². The molecule has 2 heterocycles. The van der Waals surface area contributed by atoms with Crippen LogP contribution in [-0.4, -0.2) is 22.2 Å². The lowest BCUT2D eigenvalue weighted by Crippen LogP contribution is -2.39. The summed E-state index contributed by atoms with van der Waals surface area (Å²) in [7, 11) is 0. The van der Waals surface area contributed by atoms with E-state index in [9.17, 15) is 14.7 Å². The number of fused-ring (bicyclic) bond motifs is 1. The molecule has 0 amide bonds. The number of halogens is 1. The minimum absolute atomic E-state index is 0.0433. The number of rotatable bonds is 6. The fourth-order valence-corrected chi connectivity index (χ4v) is 5.52. The van der Waals surface area contributed by atoms with Crippen LogP contribution in [0.5, 0.6) is 5.75 Å². The van der Waals surface area contributed by atoms with Gasteiger partial charge < -0.3 is 9.84 Å². The van der Waals surface area contributed by atoms with Gasteiger partial charge in [-0.15, -0.1) is 0 Å². The zero-order valence-electron chi connectivity index (χ0n) is 21.0. The summed E-state index contributed by atoms with van der Waals surface area (Å²) >= 11 is 4.63. The van der Waals surface area contributed by atoms with Crippen molar-refractivity contribution < 1.29 is 14.6 Å².